The molecule has 0 saturated carbocycles. The second-order valence-corrected chi connectivity index (χ2v) is 7.30. The lowest BCUT2D eigenvalue weighted by Crippen LogP contribution is -2.61. The number of nitrogens with zero attached hydrogens (tertiary/aromatic N) is 8. The Morgan fingerprint density at radius 1 is 1.30 bits per heavy atom. The van der Waals surface area contributed by atoms with Gasteiger partial charge in [0.05, 0.1) is 12.2 Å². The fraction of sp³-hybridized carbons (Fsp3) is 0.625. The van der Waals surface area contributed by atoms with Gasteiger partial charge in [0.15, 0.2) is 0 Å². The summed E-state index contributed by atoms with van der Waals surface area (Å²) in [5.74, 6) is 0.184. The SMILES string of the molecule is CN(C)C(=O)[C@H]1CN(c2ncc(N=[N+]=[N-])cn2)CCN1C(=O)OC(C)(C)C. The van der Waals surface area contributed by atoms with Gasteiger partial charge in [-0.15, -0.1) is 0 Å². The third-order valence-corrected chi connectivity index (χ3v) is 3.80. The van der Waals surface area contributed by atoms with Crippen molar-refractivity contribution in [3.63, 3.8) is 0 Å². The summed E-state index contributed by atoms with van der Waals surface area (Å²) in [6.45, 7) is 6.31. The molecule has 2 heterocycles. The van der Waals surface area contributed by atoms with E-state index in [1.165, 1.54) is 22.2 Å². The molecule has 2 amide bonds. The van der Waals surface area contributed by atoms with Crippen LogP contribution in [0.5, 0.6) is 0 Å². The zero-order valence-electron chi connectivity index (χ0n) is 16.2. The Kier molecular flexibility index (Phi) is 6.06. The maximum absolute atomic E-state index is 12.6. The van der Waals surface area contributed by atoms with Crippen molar-refractivity contribution in [2.45, 2.75) is 32.4 Å². The Bertz CT molecular complexity index is 737. The molecule has 0 aromatic carbocycles. The van der Waals surface area contributed by atoms with Crippen molar-refractivity contribution in [1.29, 1.82) is 0 Å². The van der Waals surface area contributed by atoms with Crippen LogP contribution in [0.15, 0.2) is 17.5 Å². The van der Waals surface area contributed by atoms with Crippen molar-refractivity contribution >= 4 is 23.6 Å². The average molecular weight is 376 g/mol. The van der Waals surface area contributed by atoms with Gasteiger partial charge in [-0.2, -0.15) is 0 Å². The third-order valence-electron chi connectivity index (χ3n) is 3.80. The number of carbonyl (C=O) groups is 2. The number of azide groups is 1. The Morgan fingerprint density at radius 3 is 2.44 bits per heavy atom. The van der Waals surface area contributed by atoms with Crippen LogP contribution in [0.2, 0.25) is 0 Å². The highest BCUT2D eigenvalue weighted by Crippen LogP contribution is 2.20. The quantitative estimate of drug-likeness (QED) is 0.450. The molecule has 1 aliphatic heterocycles. The first kappa shape index (κ1) is 20.2. The van der Waals surface area contributed by atoms with Gasteiger partial charge in [-0.3, -0.25) is 9.69 Å². The maximum atomic E-state index is 12.6. The van der Waals surface area contributed by atoms with E-state index in [1.54, 1.807) is 34.9 Å². The predicted molar refractivity (Wildman–Crippen MR) is 98.5 cm³/mol. The van der Waals surface area contributed by atoms with E-state index in [9.17, 15) is 9.59 Å². The molecule has 0 spiro atoms. The molecule has 1 aromatic rings. The predicted octanol–water partition coefficient (Wildman–Crippen LogP) is 1.93. The van der Waals surface area contributed by atoms with Crippen LogP contribution in [0, 0.1) is 0 Å². The number of anilines is 1. The molecule has 27 heavy (non-hydrogen) atoms. The molecule has 1 aromatic heterocycles. The largest absolute Gasteiger partial charge is 0.444 e. The van der Waals surface area contributed by atoms with Gasteiger partial charge in [0.1, 0.15) is 11.6 Å². The van der Waals surface area contributed by atoms with Gasteiger partial charge in [0, 0.05) is 44.5 Å². The number of rotatable bonds is 3. The number of ether oxygens (including phenoxy) is 1. The van der Waals surface area contributed by atoms with Crippen molar-refractivity contribution in [1.82, 2.24) is 19.8 Å². The molecule has 1 aliphatic rings. The lowest BCUT2D eigenvalue weighted by molar-refractivity contribution is -0.134. The molecule has 11 nitrogen and oxygen atoms in total. The van der Waals surface area contributed by atoms with Gasteiger partial charge >= 0.3 is 6.09 Å². The van der Waals surface area contributed by atoms with Crippen LogP contribution < -0.4 is 4.90 Å². The zero-order chi connectivity index (χ0) is 20.2. The number of carbonyl (C=O) groups excluding carboxylic acids is 2. The first-order valence-corrected chi connectivity index (χ1v) is 8.45. The van der Waals surface area contributed by atoms with E-state index in [2.05, 4.69) is 20.0 Å². The molecule has 1 saturated heterocycles. The van der Waals surface area contributed by atoms with Crippen LogP contribution in [0.4, 0.5) is 16.4 Å². The van der Waals surface area contributed by atoms with E-state index in [1.807, 2.05) is 4.90 Å². The minimum atomic E-state index is -0.719. The van der Waals surface area contributed by atoms with Crippen LogP contribution in [0.1, 0.15) is 20.8 Å². The number of hydrogen-bond acceptors (Lipinski definition) is 7. The minimum absolute atomic E-state index is 0.212. The molecule has 1 atom stereocenters. The zero-order valence-corrected chi connectivity index (χ0v) is 16.2. The first-order valence-electron chi connectivity index (χ1n) is 8.45. The summed E-state index contributed by atoms with van der Waals surface area (Å²) in [6, 6.07) is -0.719. The lowest BCUT2D eigenvalue weighted by atomic mass is 10.1. The van der Waals surface area contributed by atoms with Gasteiger partial charge in [-0.1, -0.05) is 5.11 Å². The Labute approximate surface area is 157 Å². The Morgan fingerprint density at radius 2 is 1.93 bits per heavy atom. The molecule has 11 heteroatoms. The highest BCUT2D eigenvalue weighted by molar-refractivity contribution is 5.86. The number of piperazine rings is 1. The van der Waals surface area contributed by atoms with Crippen LogP contribution in [0.3, 0.4) is 0 Å². The summed E-state index contributed by atoms with van der Waals surface area (Å²) >= 11 is 0. The summed E-state index contributed by atoms with van der Waals surface area (Å²) in [4.78, 5) is 40.9. The molecule has 0 radical (unpaired) electrons. The van der Waals surface area contributed by atoms with E-state index in [0.29, 0.717) is 24.7 Å². The number of likely N-dealkylation sites (N-methyl/N-ethyl adjacent to an activating group) is 1. The lowest BCUT2D eigenvalue weighted by Gasteiger charge is -2.41. The average Bonchev–Trinajstić information content (AvgIpc) is 2.60. The summed E-state index contributed by atoms with van der Waals surface area (Å²) in [7, 11) is 3.28. The van der Waals surface area contributed by atoms with E-state index < -0.39 is 17.7 Å². The van der Waals surface area contributed by atoms with Crippen molar-refractivity contribution in [3.05, 3.63) is 22.8 Å². The van der Waals surface area contributed by atoms with Gasteiger partial charge < -0.3 is 14.5 Å². The number of aromatic nitrogens is 2. The number of amides is 2. The second kappa shape index (κ2) is 8.09. The molecule has 0 unspecified atom stereocenters. The van der Waals surface area contributed by atoms with Crippen LogP contribution in [-0.4, -0.2) is 77.1 Å². The molecular weight excluding hydrogens is 352 g/mol. The fourth-order valence-corrected chi connectivity index (χ4v) is 2.59. The smallest absolute Gasteiger partial charge is 0.411 e. The van der Waals surface area contributed by atoms with E-state index >= 15 is 0 Å². The van der Waals surface area contributed by atoms with Crippen molar-refractivity contribution in [3.8, 4) is 0 Å². The van der Waals surface area contributed by atoms with E-state index in [4.69, 9.17) is 10.3 Å². The van der Waals surface area contributed by atoms with E-state index in [0.717, 1.165) is 0 Å². The molecule has 2 rings (SSSR count). The second-order valence-electron chi connectivity index (χ2n) is 7.30. The number of hydrogen-bond donors (Lipinski definition) is 0. The van der Waals surface area contributed by atoms with Crippen LogP contribution in [0.25, 0.3) is 10.4 Å². The molecule has 1 fully saturated rings. The highest BCUT2D eigenvalue weighted by Gasteiger charge is 2.38. The summed E-state index contributed by atoms with van der Waals surface area (Å²) in [5.41, 5.74) is 8.10. The normalized spacial score (nSPS) is 17.1. The Hall–Kier alpha value is -3.07. The molecule has 146 valence electrons. The van der Waals surface area contributed by atoms with Crippen LogP contribution in [-0.2, 0) is 9.53 Å². The van der Waals surface area contributed by atoms with Gasteiger partial charge in [0.2, 0.25) is 11.9 Å². The maximum Gasteiger partial charge on any atom is 0.411 e. The first-order chi connectivity index (χ1) is 12.6. The van der Waals surface area contributed by atoms with Gasteiger partial charge in [-0.25, -0.2) is 14.8 Å². The van der Waals surface area contributed by atoms with Gasteiger partial charge in [0.25, 0.3) is 0 Å². The summed E-state index contributed by atoms with van der Waals surface area (Å²) < 4.78 is 5.44. The van der Waals surface area contributed by atoms with Crippen LogP contribution >= 0.6 is 0 Å². The molecular formula is C16H24N8O3. The summed E-state index contributed by atoms with van der Waals surface area (Å²) in [6.07, 6.45) is 2.29. The third kappa shape index (κ3) is 5.20. The monoisotopic (exact) mass is 376 g/mol. The molecule has 0 aliphatic carbocycles. The van der Waals surface area contributed by atoms with Crippen molar-refractivity contribution < 1.29 is 14.3 Å². The van der Waals surface area contributed by atoms with Crippen molar-refractivity contribution in [2.75, 3.05) is 38.6 Å². The summed E-state index contributed by atoms with van der Waals surface area (Å²) in [5, 5.41) is 3.44. The molecule has 0 N–H and O–H groups in total. The standard InChI is InChI=1S/C16H24N8O3/c1-16(2,3)27-15(26)24-7-6-23(10-12(24)13(25)22(4)5)14-18-8-11(9-19-14)20-21-17/h8-9,12H,6-7,10H2,1-5H3/t12-/m1/s1. The van der Waals surface area contributed by atoms with Crippen molar-refractivity contribution in [2.24, 2.45) is 5.11 Å². The fourth-order valence-electron chi connectivity index (χ4n) is 2.59. The van der Waals surface area contributed by atoms with E-state index in [-0.39, 0.29) is 12.5 Å². The topological polar surface area (TPSA) is 128 Å². The Balaban J connectivity index is 2.22. The molecule has 0 bridgehead atoms. The van der Waals surface area contributed by atoms with Gasteiger partial charge in [-0.05, 0) is 26.3 Å². The highest BCUT2D eigenvalue weighted by atomic mass is 16.6. The minimum Gasteiger partial charge on any atom is -0.444 e.